The van der Waals surface area contributed by atoms with Crippen LogP contribution in [0.15, 0.2) is 60.7 Å². The third-order valence-electron chi connectivity index (χ3n) is 3.43. The standard InChI is InChI=1S/C18H10F2N2S2/c19-15-13(11-7-3-1-4-8-11)23-17(21-15)18-22-16(20)14(24-18)12-9-5-2-6-10-12/h1-10H. The molecule has 0 spiro atoms. The fourth-order valence-corrected chi connectivity index (χ4v) is 4.24. The summed E-state index contributed by atoms with van der Waals surface area (Å²) in [6.07, 6.45) is 0. The second-order valence-electron chi connectivity index (χ2n) is 5.01. The van der Waals surface area contributed by atoms with Crippen molar-refractivity contribution in [2.75, 3.05) is 0 Å². The van der Waals surface area contributed by atoms with Gasteiger partial charge in [0.25, 0.3) is 0 Å². The van der Waals surface area contributed by atoms with Crippen LogP contribution in [0, 0.1) is 11.9 Å². The second kappa shape index (κ2) is 6.22. The van der Waals surface area contributed by atoms with E-state index in [1.54, 1.807) is 0 Å². The number of benzene rings is 2. The van der Waals surface area contributed by atoms with E-state index in [9.17, 15) is 8.78 Å². The summed E-state index contributed by atoms with van der Waals surface area (Å²) in [6, 6.07) is 18.4. The maximum absolute atomic E-state index is 14.2. The van der Waals surface area contributed by atoms with Crippen molar-refractivity contribution in [3.63, 3.8) is 0 Å². The van der Waals surface area contributed by atoms with E-state index in [0.29, 0.717) is 19.8 Å². The Kier molecular flexibility index (Phi) is 3.92. The molecule has 0 aliphatic rings. The molecule has 0 aliphatic heterocycles. The Labute approximate surface area is 145 Å². The maximum atomic E-state index is 14.2. The Morgan fingerprint density at radius 3 is 1.33 bits per heavy atom. The lowest BCUT2D eigenvalue weighted by atomic mass is 10.2. The molecule has 2 aromatic heterocycles. The van der Waals surface area contributed by atoms with Crippen LogP contribution in [-0.4, -0.2) is 9.97 Å². The quantitative estimate of drug-likeness (QED) is 0.458. The van der Waals surface area contributed by atoms with Crippen molar-refractivity contribution in [3.8, 4) is 30.9 Å². The summed E-state index contributed by atoms with van der Waals surface area (Å²) in [6.45, 7) is 0. The van der Waals surface area contributed by atoms with Crippen molar-refractivity contribution >= 4 is 22.7 Å². The second-order valence-corrected chi connectivity index (χ2v) is 7.01. The molecule has 4 rings (SSSR count). The van der Waals surface area contributed by atoms with Gasteiger partial charge in [0, 0.05) is 0 Å². The molecule has 118 valence electrons. The summed E-state index contributed by atoms with van der Waals surface area (Å²) in [5, 5.41) is 0.773. The SMILES string of the molecule is Fc1nc(-c2nc(F)c(-c3ccccc3)s2)sc1-c1ccccc1. The van der Waals surface area contributed by atoms with Crippen molar-refractivity contribution in [1.29, 1.82) is 0 Å². The Balaban J connectivity index is 1.76. The number of halogens is 2. The molecule has 0 unspecified atom stereocenters. The highest BCUT2D eigenvalue weighted by Gasteiger charge is 2.19. The van der Waals surface area contributed by atoms with Crippen LogP contribution in [-0.2, 0) is 0 Å². The number of hydrogen-bond donors (Lipinski definition) is 0. The van der Waals surface area contributed by atoms with Crippen LogP contribution in [0.3, 0.4) is 0 Å². The fourth-order valence-electron chi connectivity index (χ4n) is 2.32. The predicted octanol–water partition coefficient (Wildman–Crippen LogP) is 5.88. The predicted molar refractivity (Wildman–Crippen MR) is 94.0 cm³/mol. The summed E-state index contributed by atoms with van der Waals surface area (Å²) in [7, 11) is 0. The first-order chi connectivity index (χ1) is 11.7. The van der Waals surface area contributed by atoms with E-state index in [1.807, 2.05) is 60.7 Å². The van der Waals surface area contributed by atoms with Crippen LogP contribution in [0.4, 0.5) is 8.78 Å². The van der Waals surface area contributed by atoms with Crippen LogP contribution >= 0.6 is 22.7 Å². The maximum Gasteiger partial charge on any atom is 0.232 e. The average molecular weight is 356 g/mol. The molecule has 0 radical (unpaired) electrons. The lowest BCUT2D eigenvalue weighted by Gasteiger charge is -1.94. The van der Waals surface area contributed by atoms with Gasteiger partial charge in [-0.3, -0.25) is 0 Å². The van der Waals surface area contributed by atoms with Gasteiger partial charge in [0.2, 0.25) is 11.9 Å². The van der Waals surface area contributed by atoms with E-state index in [0.717, 1.165) is 11.1 Å². The van der Waals surface area contributed by atoms with E-state index >= 15 is 0 Å². The van der Waals surface area contributed by atoms with Gasteiger partial charge in [0.05, 0.1) is 9.75 Å². The van der Waals surface area contributed by atoms with Crippen LogP contribution < -0.4 is 0 Å². The number of hydrogen-bond acceptors (Lipinski definition) is 4. The zero-order chi connectivity index (χ0) is 16.5. The molecule has 0 fully saturated rings. The summed E-state index contributed by atoms with van der Waals surface area (Å²) in [5.74, 6) is -1.11. The van der Waals surface area contributed by atoms with Crippen LogP contribution in [0.2, 0.25) is 0 Å². The summed E-state index contributed by atoms with van der Waals surface area (Å²) < 4.78 is 28.4. The van der Waals surface area contributed by atoms with Gasteiger partial charge in [-0.2, -0.15) is 8.78 Å². The van der Waals surface area contributed by atoms with Crippen LogP contribution in [0.5, 0.6) is 0 Å². The van der Waals surface area contributed by atoms with Crippen molar-refractivity contribution in [3.05, 3.63) is 72.6 Å². The molecule has 0 saturated heterocycles. The number of aromatic nitrogens is 2. The van der Waals surface area contributed by atoms with E-state index in [4.69, 9.17) is 0 Å². The van der Waals surface area contributed by atoms with Gasteiger partial charge in [-0.25, -0.2) is 9.97 Å². The first kappa shape index (κ1) is 15.1. The summed E-state index contributed by atoms with van der Waals surface area (Å²) in [4.78, 5) is 8.74. The fraction of sp³-hybridized carbons (Fsp3) is 0. The molecule has 0 saturated carbocycles. The summed E-state index contributed by atoms with van der Waals surface area (Å²) in [5.41, 5.74) is 1.50. The molecular formula is C18H10F2N2S2. The minimum absolute atomic E-state index is 0.387. The molecule has 24 heavy (non-hydrogen) atoms. The van der Waals surface area contributed by atoms with Crippen LogP contribution in [0.1, 0.15) is 0 Å². The van der Waals surface area contributed by atoms with E-state index in [2.05, 4.69) is 9.97 Å². The molecule has 0 atom stereocenters. The average Bonchev–Trinajstić information content (AvgIpc) is 3.19. The molecule has 0 N–H and O–H groups in total. The zero-order valence-corrected chi connectivity index (χ0v) is 13.9. The van der Waals surface area contributed by atoms with Crippen molar-refractivity contribution < 1.29 is 8.78 Å². The molecule has 2 nitrogen and oxygen atoms in total. The zero-order valence-electron chi connectivity index (χ0n) is 12.2. The monoisotopic (exact) mass is 356 g/mol. The minimum Gasteiger partial charge on any atom is -0.205 e. The first-order valence-corrected chi connectivity index (χ1v) is 8.79. The summed E-state index contributed by atoms with van der Waals surface area (Å²) >= 11 is 2.36. The number of nitrogens with zero attached hydrogens (tertiary/aromatic N) is 2. The molecule has 0 aliphatic carbocycles. The smallest absolute Gasteiger partial charge is 0.205 e. The van der Waals surface area contributed by atoms with Gasteiger partial charge in [0.1, 0.15) is 0 Å². The highest BCUT2D eigenvalue weighted by atomic mass is 32.1. The number of thiazole rings is 2. The van der Waals surface area contributed by atoms with Gasteiger partial charge in [0.15, 0.2) is 10.0 Å². The number of rotatable bonds is 3. The first-order valence-electron chi connectivity index (χ1n) is 7.16. The molecule has 2 heterocycles. The van der Waals surface area contributed by atoms with Crippen molar-refractivity contribution in [1.82, 2.24) is 9.97 Å². The topological polar surface area (TPSA) is 25.8 Å². The van der Waals surface area contributed by atoms with Gasteiger partial charge >= 0.3 is 0 Å². The van der Waals surface area contributed by atoms with E-state index in [-0.39, 0.29) is 0 Å². The molecule has 2 aromatic carbocycles. The van der Waals surface area contributed by atoms with Crippen molar-refractivity contribution in [2.45, 2.75) is 0 Å². The Morgan fingerprint density at radius 1 is 0.583 bits per heavy atom. The van der Waals surface area contributed by atoms with E-state index < -0.39 is 11.9 Å². The van der Waals surface area contributed by atoms with Crippen LogP contribution in [0.25, 0.3) is 30.9 Å². The van der Waals surface area contributed by atoms with Gasteiger partial charge < -0.3 is 0 Å². The van der Waals surface area contributed by atoms with Crippen molar-refractivity contribution in [2.24, 2.45) is 0 Å². The normalized spacial score (nSPS) is 10.9. The highest BCUT2D eigenvalue weighted by Crippen LogP contribution is 2.39. The van der Waals surface area contributed by atoms with E-state index in [1.165, 1.54) is 22.7 Å². The molecular weight excluding hydrogens is 346 g/mol. The molecule has 4 aromatic rings. The Morgan fingerprint density at radius 2 is 0.958 bits per heavy atom. The Hall–Kier alpha value is -2.44. The minimum atomic E-state index is -0.557. The lowest BCUT2D eigenvalue weighted by Crippen LogP contribution is -1.80. The van der Waals surface area contributed by atoms with Gasteiger partial charge in [-0.05, 0) is 11.1 Å². The third-order valence-corrected chi connectivity index (χ3v) is 5.73. The molecule has 6 heteroatoms. The highest BCUT2D eigenvalue weighted by molar-refractivity contribution is 7.24. The molecule has 0 amide bonds. The lowest BCUT2D eigenvalue weighted by molar-refractivity contribution is 0.591. The largest absolute Gasteiger partial charge is 0.232 e. The molecule has 0 bridgehead atoms. The van der Waals surface area contributed by atoms with Gasteiger partial charge in [-0.1, -0.05) is 60.7 Å². The van der Waals surface area contributed by atoms with Gasteiger partial charge in [-0.15, -0.1) is 22.7 Å². The Bertz CT molecular complexity index is 897. The third kappa shape index (κ3) is 2.74.